The third kappa shape index (κ3) is 4.89. The van der Waals surface area contributed by atoms with E-state index in [-0.39, 0.29) is 30.5 Å². The summed E-state index contributed by atoms with van der Waals surface area (Å²) in [7, 11) is 0. The molecule has 25 heavy (non-hydrogen) atoms. The summed E-state index contributed by atoms with van der Waals surface area (Å²) in [6.07, 6.45) is 1.85. The summed E-state index contributed by atoms with van der Waals surface area (Å²) in [5, 5.41) is 9.50. The fourth-order valence-electron chi connectivity index (χ4n) is 2.66. The first-order chi connectivity index (χ1) is 11.9. The third-order valence-corrected chi connectivity index (χ3v) is 4.21. The van der Waals surface area contributed by atoms with Crippen LogP contribution in [0.2, 0.25) is 0 Å². The molecule has 1 amide bonds. The Morgan fingerprint density at radius 1 is 1.32 bits per heavy atom. The second kappa shape index (κ2) is 8.41. The first-order valence-corrected chi connectivity index (χ1v) is 8.41. The number of hydrogen-bond acceptors (Lipinski definition) is 4. The van der Waals surface area contributed by atoms with Gasteiger partial charge >= 0.3 is 5.97 Å². The van der Waals surface area contributed by atoms with Crippen molar-refractivity contribution >= 4 is 22.8 Å². The van der Waals surface area contributed by atoms with Crippen molar-refractivity contribution in [2.45, 2.75) is 45.6 Å². The van der Waals surface area contributed by atoms with E-state index in [1.165, 1.54) is 4.90 Å². The number of aromatic nitrogens is 2. The Morgan fingerprint density at radius 2 is 2.04 bits per heavy atom. The van der Waals surface area contributed by atoms with E-state index in [0.717, 1.165) is 0 Å². The number of aliphatic carboxylic acids is 1. The maximum Gasteiger partial charge on any atom is 0.323 e. The number of hydrogen-bond donors (Lipinski definition) is 2. The number of benzene rings is 1. The van der Waals surface area contributed by atoms with Gasteiger partial charge in [-0.15, -0.1) is 0 Å². The van der Waals surface area contributed by atoms with Crippen LogP contribution < -0.4 is 5.56 Å². The second-order valence-electron chi connectivity index (χ2n) is 6.06. The molecule has 0 fully saturated rings. The van der Waals surface area contributed by atoms with Crippen LogP contribution in [0, 0.1) is 0 Å². The summed E-state index contributed by atoms with van der Waals surface area (Å²) >= 11 is 0. The average molecular weight is 345 g/mol. The molecule has 0 radical (unpaired) electrons. The van der Waals surface area contributed by atoms with E-state index in [4.69, 9.17) is 5.11 Å². The lowest BCUT2D eigenvalue weighted by Gasteiger charge is -2.27. The van der Waals surface area contributed by atoms with Crippen molar-refractivity contribution in [1.29, 1.82) is 0 Å². The maximum atomic E-state index is 12.3. The second-order valence-corrected chi connectivity index (χ2v) is 6.06. The van der Waals surface area contributed by atoms with Crippen molar-refractivity contribution < 1.29 is 14.7 Å². The normalized spacial score (nSPS) is 12.1. The summed E-state index contributed by atoms with van der Waals surface area (Å²) < 4.78 is 0. The summed E-state index contributed by atoms with van der Waals surface area (Å²) in [5.74, 6) is -0.682. The number of fused-ring (bicyclic) bond motifs is 1. The zero-order valence-electron chi connectivity index (χ0n) is 14.5. The van der Waals surface area contributed by atoms with Crippen LogP contribution in [0.4, 0.5) is 0 Å². The van der Waals surface area contributed by atoms with Gasteiger partial charge in [-0.25, -0.2) is 4.98 Å². The van der Waals surface area contributed by atoms with Gasteiger partial charge in [-0.1, -0.05) is 19.1 Å². The largest absolute Gasteiger partial charge is 0.480 e. The number of rotatable bonds is 8. The number of para-hydroxylation sites is 1. The molecule has 1 aromatic carbocycles. The Morgan fingerprint density at radius 3 is 2.72 bits per heavy atom. The number of aromatic amines is 1. The lowest BCUT2D eigenvalue weighted by atomic mass is 10.1. The number of nitrogens with zero attached hydrogens (tertiary/aromatic N) is 2. The zero-order valence-corrected chi connectivity index (χ0v) is 14.5. The van der Waals surface area contributed by atoms with Gasteiger partial charge in [-0.05, 0) is 31.9 Å². The van der Waals surface area contributed by atoms with Crippen LogP contribution in [0.1, 0.15) is 38.9 Å². The molecule has 1 atom stereocenters. The van der Waals surface area contributed by atoms with E-state index in [1.807, 2.05) is 19.9 Å². The van der Waals surface area contributed by atoms with Gasteiger partial charge in [0.25, 0.3) is 5.56 Å². The van der Waals surface area contributed by atoms with E-state index in [2.05, 4.69) is 9.97 Å². The topological polar surface area (TPSA) is 103 Å². The van der Waals surface area contributed by atoms with Crippen LogP contribution in [0.15, 0.2) is 29.1 Å². The van der Waals surface area contributed by atoms with Gasteiger partial charge in [0.1, 0.15) is 12.4 Å². The molecule has 7 nitrogen and oxygen atoms in total. The Balaban J connectivity index is 2.00. The van der Waals surface area contributed by atoms with Gasteiger partial charge in [0.2, 0.25) is 5.91 Å². The van der Waals surface area contributed by atoms with Crippen molar-refractivity contribution in [3.63, 3.8) is 0 Å². The average Bonchev–Trinajstić information content (AvgIpc) is 2.58. The predicted octanol–water partition coefficient (Wildman–Crippen LogP) is 1.96. The molecule has 0 bridgehead atoms. The number of carboxylic acids is 1. The minimum Gasteiger partial charge on any atom is -0.480 e. The number of nitrogens with one attached hydrogen (secondary N) is 1. The molecule has 1 heterocycles. The van der Waals surface area contributed by atoms with Crippen LogP contribution in [0.3, 0.4) is 0 Å². The van der Waals surface area contributed by atoms with E-state index >= 15 is 0 Å². The van der Waals surface area contributed by atoms with E-state index in [0.29, 0.717) is 36.0 Å². The molecule has 0 saturated heterocycles. The van der Waals surface area contributed by atoms with Crippen LogP contribution in [0.25, 0.3) is 10.9 Å². The summed E-state index contributed by atoms with van der Waals surface area (Å²) in [6.45, 7) is 3.46. The molecule has 1 aromatic heterocycles. The molecule has 1 unspecified atom stereocenters. The SMILES string of the molecule is CCC(C)N(CC(=O)O)C(=O)CCCc1nc2ccccc2c(=O)[nH]1. The quantitative estimate of drug-likeness (QED) is 0.761. The molecular weight excluding hydrogens is 322 g/mol. The molecule has 0 aliphatic rings. The minimum atomic E-state index is -1.02. The van der Waals surface area contributed by atoms with Crippen molar-refractivity contribution in [2.75, 3.05) is 6.54 Å². The highest BCUT2D eigenvalue weighted by atomic mass is 16.4. The van der Waals surface area contributed by atoms with E-state index in [1.54, 1.807) is 18.2 Å². The molecule has 0 saturated carbocycles. The van der Waals surface area contributed by atoms with Gasteiger partial charge in [-0.2, -0.15) is 0 Å². The highest BCUT2D eigenvalue weighted by Gasteiger charge is 2.21. The molecule has 2 aromatic rings. The highest BCUT2D eigenvalue weighted by molar-refractivity contribution is 5.81. The standard InChI is InChI=1S/C18H23N3O4/c1-3-12(2)21(11-17(23)24)16(22)10-6-9-15-19-14-8-5-4-7-13(14)18(25)20-15/h4-5,7-8,12H,3,6,9-11H2,1-2H3,(H,23,24)(H,19,20,25). The van der Waals surface area contributed by atoms with Gasteiger partial charge in [0.05, 0.1) is 10.9 Å². The number of H-pyrrole nitrogens is 1. The fourth-order valence-corrected chi connectivity index (χ4v) is 2.66. The minimum absolute atomic E-state index is 0.123. The van der Waals surface area contributed by atoms with Crippen molar-refractivity contribution in [3.8, 4) is 0 Å². The smallest absolute Gasteiger partial charge is 0.323 e. The number of carbonyl (C=O) groups excluding carboxylic acids is 1. The number of carboxylic acid groups (broad SMARTS) is 1. The third-order valence-electron chi connectivity index (χ3n) is 4.21. The Hall–Kier alpha value is -2.70. The number of aryl methyl sites for hydroxylation is 1. The Bertz CT molecular complexity index is 815. The van der Waals surface area contributed by atoms with Crippen molar-refractivity contribution in [1.82, 2.24) is 14.9 Å². The predicted molar refractivity (Wildman–Crippen MR) is 94.4 cm³/mol. The summed E-state index contributed by atoms with van der Waals surface area (Å²) in [5.41, 5.74) is 0.429. The van der Waals surface area contributed by atoms with Gasteiger partial charge < -0.3 is 15.0 Å². The van der Waals surface area contributed by atoms with Crippen molar-refractivity contribution in [2.24, 2.45) is 0 Å². The van der Waals surface area contributed by atoms with Crippen molar-refractivity contribution in [3.05, 3.63) is 40.4 Å². The molecule has 7 heteroatoms. The Labute approximate surface area is 145 Å². The summed E-state index contributed by atoms with van der Waals surface area (Å²) in [4.78, 5) is 43.8. The lowest BCUT2D eigenvalue weighted by molar-refractivity contribution is -0.146. The zero-order chi connectivity index (χ0) is 18.4. The first kappa shape index (κ1) is 18.6. The molecule has 0 aliphatic heterocycles. The molecular formula is C18H23N3O4. The molecule has 0 spiro atoms. The van der Waals surface area contributed by atoms with Crippen LogP contribution in [-0.2, 0) is 16.0 Å². The summed E-state index contributed by atoms with van der Waals surface area (Å²) in [6, 6.07) is 6.96. The molecule has 2 N–H and O–H groups in total. The monoisotopic (exact) mass is 345 g/mol. The molecule has 2 rings (SSSR count). The number of carbonyl (C=O) groups is 2. The van der Waals surface area contributed by atoms with Gasteiger partial charge in [-0.3, -0.25) is 14.4 Å². The first-order valence-electron chi connectivity index (χ1n) is 8.41. The van der Waals surface area contributed by atoms with E-state index < -0.39 is 5.97 Å². The maximum absolute atomic E-state index is 12.3. The molecule has 0 aliphatic carbocycles. The fraction of sp³-hybridized carbons (Fsp3) is 0.444. The van der Waals surface area contributed by atoms with Crippen LogP contribution >= 0.6 is 0 Å². The molecule has 134 valence electrons. The van der Waals surface area contributed by atoms with Gasteiger partial charge in [0, 0.05) is 18.9 Å². The Kier molecular flexibility index (Phi) is 6.27. The van der Waals surface area contributed by atoms with Gasteiger partial charge in [0.15, 0.2) is 0 Å². The van der Waals surface area contributed by atoms with Crippen LogP contribution in [-0.4, -0.2) is 44.4 Å². The highest BCUT2D eigenvalue weighted by Crippen LogP contribution is 2.10. The van der Waals surface area contributed by atoms with E-state index in [9.17, 15) is 14.4 Å². The number of amides is 1. The van der Waals surface area contributed by atoms with Crippen LogP contribution in [0.5, 0.6) is 0 Å². The lowest BCUT2D eigenvalue weighted by Crippen LogP contribution is -2.41.